The van der Waals surface area contributed by atoms with Crippen LogP contribution in [0.1, 0.15) is 58.9 Å². The molecule has 2 aliphatic rings. The third-order valence-electron chi connectivity index (χ3n) is 7.52. The molecule has 0 aliphatic heterocycles. The highest BCUT2D eigenvalue weighted by atomic mass is 16.3. The molecule has 0 radical (unpaired) electrons. The minimum absolute atomic E-state index is 0.0181. The number of aromatic nitrogens is 1. The number of nitrogens with zero attached hydrogens (tertiary/aromatic N) is 1. The van der Waals surface area contributed by atoms with Crippen molar-refractivity contribution in [2.24, 2.45) is 29.1 Å². The molecule has 0 aromatic carbocycles. The molecule has 29 heavy (non-hydrogen) atoms. The highest BCUT2D eigenvalue weighted by molar-refractivity contribution is 5.78. The molecule has 7 atom stereocenters. The van der Waals surface area contributed by atoms with Crippen LogP contribution in [-0.4, -0.2) is 34.1 Å². The van der Waals surface area contributed by atoms with Gasteiger partial charge in [-0.3, -0.25) is 14.6 Å². The zero-order valence-electron chi connectivity index (χ0n) is 18.0. The number of nitrogens with one attached hydrogen (secondary N) is 2. The van der Waals surface area contributed by atoms with E-state index in [1.807, 2.05) is 19.1 Å². The Morgan fingerprint density at radius 2 is 2.07 bits per heavy atom. The summed E-state index contributed by atoms with van der Waals surface area (Å²) in [6.45, 7) is 8.33. The first-order chi connectivity index (χ1) is 13.7. The molecule has 1 aromatic heterocycles. The lowest BCUT2D eigenvalue weighted by Crippen LogP contribution is -2.58. The topological polar surface area (TPSA) is 91.3 Å². The van der Waals surface area contributed by atoms with Gasteiger partial charge in [0.05, 0.1) is 6.10 Å². The van der Waals surface area contributed by atoms with Crippen molar-refractivity contribution in [2.45, 2.75) is 72.1 Å². The molecule has 2 fully saturated rings. The zero-order chi connectivity index (χ0) is 21.2. The van der Waals surface area contributed by atoms with Gasteiger partial charge in [-0.25, -0.2) is 0 Å². The number of hydrogen-bond acceptors (Lipinski definition) is 4. The van der Waals surface area contributed by atoms with E-state index in [1.165, 1.54) is 0 Å². The lowest BCUT2D eigenvalue weighted by atomic mass is 9.51. The van der Waals surface area contributed by atoms with E-state index < -0.39 is 6.10 Å². The number of aliphatic hydroxyl groups excluding tert-OH is 1. The van der Waals surface area contributed by atoms with Gasteiger partial charge in [0.2, 0.25) is 11.8 Å². The highest BCUT2D eigenvalue weighted by Crippen LogP contribution is 2.55. The van der Waals surface area contributed by atoms with Gasteiger partial charge in [-0.05, 0) is 60.5 Å². The number of hydrogen-bond donors (Lipinski definition) is 3. The van der Waals surface area contributed by atoms with Crippen LogP contribution in [0, 0.1) is 29.1 Å². The molecule has 1 heterocycles. The van der Waals surface area contributed by atoms with Crippen LogP contribution < -0.4 is 10.6 Å². The standard InChI is InChI=1S/C23H35N3O3/c1-14(22(29)25-13-17-6-5-11-24-12-17)18-7-9-23(4)10-8-19(26-16(3)27)15(2)20(23)21(18)28/h5-6,11-12,14-15,18-21,28H,7-10,13H2,1-4H3,(H,25,29)(H,26,27)/t14-,15-,18-,19-,20+,21-,23+/m0/s1. The summed E-state index contributed by atoms with van der Waals surface area (Å²) in [7, 11) is 0. The molecule has 2 amide bonds. The van der Waals surface area contributed by atoms with E-state index in [0.29, 0.717) is 6.54 Å². The van der Waals surface area contributed by atoms with Crippen LogP contribution in [0.5, 0.6) is 0 Å². The maximum atomic E-state index is 12.8. The first-order valence-electron chi connectivity index (χ1n) is 10.8. The molecule has 0 unspecified atom stereocenters. The molecule has 3 N–H and O–H groups in total. The number of carbonyl (C=O) groups is 2. The Hall–Kier alpha value is -1.95. The van der Waals surface area contributed by atoms with Crippen LogP contribution in [0.25, 0.3) is 0 Å². The second-order valence-electron chi connectivity index (χ2n) is 9.45. The molecule has 6 heteroatoms. The number of pyridine rings is 1. The molecule has 2 saturated carbocycles. The van der Waals surface area contributed by atoms with Crippen LogP contribution in [0.15, 0.2) is 24.5 Å². The van der Waals surface area contributed by atoms with E-state index in [0.717, 1.165) is 31.2 Å². The number of rotatable bonds is 5. The van der Waals surface area contributed by atoms with Gasteiger partial charge in [0.15, 0.2) is 0 Å². The normalized spacial score (nSPS) is 35.3. The maximum Gasteiger partial charge on any atom is 0.223 e. The van der Waals surface area contributed by atoms with Crippen molar-refractivity contribution in [3.8, 4) is 0 Å². The molecule has 0 bridgehead atoms. The second-order valence-corrected chi connectivity index (χ2v) is 9.45. The Morgan fingerprint density at radius 1 is 1.34 bits per heavy atom. The van der Waals surface area contributed by atoms with E-state index in [-0.39, 0.29) is 46.9 Å². The monoisotopic (exact) mass is 401 g/mol. The fourth-order valence-corrected chi connectivity index (χ4v) is 5.81. The van der Waals surface area contributed by atoms with Gasteiger partial charge in [-0.15, -0.1) is 0 Å². The molecule has 160 valence electrons. The average molecular weight is 402 g/mol. The van der Waals surface area contributed by atoms with Crippen molar-refractivity contribution in [1.82, 2.24) is 15.6 Å². The van der Waals surface area contributed by atoms with Crippen molar-refractivity contribution >= 4 is 11.8 Å². The van der Waals surface area contributed by atoms with Crippen LogP contribution in [0.4, 0.5) is 0 Å². The van der Waals surface area contributed by atoms with Gasteiger partial charge in [0.1, 0.15) is 0 Å². The van der Waals surface area contributed by atoms with E-state index in [2.05, 4.69) is 29.5 Å². The lowest BCUT2D eigenvalue weighted by molar-refractivity contribution is -0.143. The summed E-state index contributed by atoms with van der Waals surface area (Å²) in [4.78, 5) is 28.5. The first-order valence-corrected chi connectivity index (χ1v) is 10.8. The van der Waals surface area contributed by atoms with Crippen molar-refractivity contribution in [2.75, 3.05) is 0 Å². The zero-order valence-corrected chi connectivity index (χ0v) is 18.0. The smallest absolute Gasteiger partial charge is 0.223 e. The molecular formula is C23H35N3O3. The fourth-order valence-electron chi connectivity index (χ4n) is 5.81. The Labute approximate surface area is 173 Å². The minimum atomic E-state index is -0.542. The van der Waals surface area contributed by atoms with Gasteiger partial charge in [0.25, 0.3) is 0 Å². The summed E-state index contributed by atoms with van der Waals surface area (Å²) < 4.78 is 0. The summed E-state index contributed by atoms with van der Waals surface area (Å²) >= 11 is 0. The fraction of sp³-hybridized carbons (Fsp3) is 0.696. The SMILES string of the molecule is CC(=O)N[C@H]1CC[C@@]2(C)CC[C@@H]([C@H](C)C(=O)NCc3cccnc3)[C@H](O)[C@H]2[C@H]1C. The molecule has 3 rings (SSSR count). The number of fused-ring (bicyclic) bond motifs is 1. The summed E-state index contributed by atoms with van der Waals surface area (Å²) in [6.07, 6.45) is 6.73. The second kappa shape index (κ2) is 8.82. The van der Waals surface area contributed by atoms with Gasteiger partial charge in [-0.2, -0.15) is 0 Å². The molecule has 0 saturated heterocycles. The molecule has 2 aliphatic carbocycles. The van der Waals surface area contributed by atoms with Crippen LogP contribution in [-0.2, 0) is 16.1 Å². The highest BCUT2D eigenvalue weighted by Gasteiger charge is 2.53. The Kier molecular flexibility index (Phi) is 6.62. The summed E-state index contributed by atoms with van der Waals surface area (Å²) in [5.41, 5.74) is 1.03. The predicted octanol–water partition coefficient (Wildman–Crippen LogP) is 2.66. The summed E-state index contributed by atoms with van der Waals surface area (Å²) in [5, 5.41) is 17.4. The van der Waals surface area contributed by atoms with Gasteiger partial charge in [-0.1, -0.05) is 26.8 Å². The van der Waals surface area contributed by atoms with Crippen LogP contribution in [0.3, 0.4) is 0 Å². The summed E-state index contributed by atoms with van der Waals surface area (Å²) in [5.74, 6) is -0.111. The Morgan fingerprint density at radius 3 is 2.72 bits per heavy atom. The molecule has 0 spiro atoms. The number of amides is 2. The van der Waals surface area contributed by atoms with Gasteiger partial charge in [0, 0.05) is 37.8 Å². The average Bonchev–Trinajstić information content (AvgIpc) is 2.68. The van der Waals surface area contributed by atoms with Gasteiger partial charge < -0.3 is 15.7 Å². The maximum absolute atomic E-state index is 12.8. The van der Waals surface area contributed by atoms with Crippen molar-refractivity contribution < 1.29 is 14.7 Å². The third-order valence-corrected chi connectivity index (χ3v) is 7.52. The van der Waals surface area contributed by atoms with E-state index in [9.17, 15) is 14.7 Å². The van der Waals surface area contributed by atoms with Crippen molar-refractivity contribution in [3.05, 3.63) is 30.1 Å². The van der Waals surface area contributed by atoms with Crippen molar-refractivity contribution in [3.63, 3.8) is 0 Å². The Balaban J connectivity index is 1.67. The van der Waals surface area contributed by atoms with Gasteiger partial charge >= 0.3 is 0 Å². The third kappa shape index (κ3) is 4.63. The largest absolute Gasteiger partial charge is 0.392 e. The number of aliphatic hydroxyl groups is 1. The molecule has 6 nitrogen and oxygen atoms in total. The Bertz CT molecular complexity index is 725. The summed E-state index contributed by atoms with van der Waals surface area (Å²) in [6, 6.07) is 3.88. The predicted molar refractivity (Wildman–Crippen MR) is 112 cm³/mol. The van der Waals surface area contributed by atoms with Crippen LogP contribution in [0.2, 0.25) is 0 Å². The number of carbonyl (C=O) groups excluding carboxylic acids is 2. The van der Waals surface area contributed by atoms with E-state index >= 15 is 0 Å². The quantitative estimate of drug-likeness (QED) is 0.707. The molecular weight excluding hydrogens is 366 g/mol. The molecule has 1 aromatic rings. The minimum Gasteiger partial charge on any atom is -0.392 e. The van der Waals surface area contributed by atoms with Crippen LogP contribution >= 0.6 is 0 Å². The van der Waals surface area contributed by atoms with Crippen molar-refractivity contribution in [1.29, 1.82) is 0 Å². The lowest BCUT2D eigenvalue weighted by Gasteiger charge is -2.56. The first kappa shape index (κ1) is 21.8. The van der Waals surface area contributed by atoms with E-state index in [4.69, 9.17) is 0 Å². The van der Waals surface area contributed by atoms with E-state index in [1.54, 1.807) is 19.3 Å².